The van der Waals surface area contributed by atoms with Crippen LogP contribution in [0.15, 0.2) is 24.3 Å². The average Bonchev–Trinajstić information content (AvgIpc) is 2.65. The van der Waals surface area contributed by atoms with Gasteiger partial charge >= 0.3 is 0 Å². The summed E-state index contributed by atoms with van der Waals surface area (Å²) in [7, 11) is 0. The summed E-state index contributed by atoms with van der Waals surface area (Å²) in [4.78, 5) is 26.1. The number of benzene rings is 1. The van der Waals surface area contributed by atoms with Gasteiger partial charge in [0.25, 0.3) is 0 Å². The Hall–Kier alpha value is -2.08. The molecule has 0 aliphatic carbocycles. The van der Waals surface area contributed by atoms with Crippen molar-refractivity contribution in [2.75, 3.05) is 26.2 Å². The second-order valence-corrected chi connectivity index (χ2v) is 6.80. The maximum absolute atomic E-state index is 12.6. The predicted molar refractivity (Wildman–Crippen MR) is 102 cm³/mol. The molecule has 2 rings (SSSR count). The van der Waals surface area contributed by atoms with Crippen LogP contribution in [0, 0.1) is 6.92 Å². The summed E-state index contributed by atoms with van der Waals surface area (Å²) >= 11 is 0. The molecule has 1 aliphatic heterocycles. The molecule has 2 amide bonds. The molecule has 0 spiro atoms. The predicted octanol–water partition coefficient (Wildman–Crippen LogP) is 2.00. The van der Waals surface area contributed by atoms with E-state index < -0.39 is 0 Å². The van der Waals surface area contributed by atoms with Gasteiger partial charge in [-0.3, -0.25) is 9.59 Å². The molecule has 1 unspecified atom stereocenters. The van der Waals surface area contributed by atoms with E-state index in [2.05, 4.69) is 5.32 Å². The van der Waals surface area contributed by atoms with Crippen molar-refractivity contribution in [1.29, 1.82) is 0 Å². The van der Waals surface area contributed by atoms with E-state index in [0.29, 0.717) is 39.0 Å². The Morgan fingerprint density at radius 2 is 2.08 bits per heavy atom. The molecule has 0 aromatic heterocycles. The summed E-state index contributed by atoms with van der Waals surface area (Å²) < 4.78 is 5.77. The van der Waals surface area contributed by atoms with Gasteiger partial charge in [-0.15, -0.1) is 0 Å². The lowest BCUT2D eigenvalue weighted by molar-refractivity contribution is -0.135. The third-order valence-electron chi connectivity index (χ3n) is 4.74. The number of nitrogens with zero attached hydrogens (tertiary/aromatic N) is 1. The van der Waals surface area contributed by atoms with Gasteiger partial charge in [0.1, 0.15) is 5.75 Å². The number of likely N-dealkylation sites (tertiary alicyclic amines) is 1. The number of aryl methyl sites for hydroxylation is 1. The van der Waals surface area contributed by atoms with Crippen molar-refractivity contribution in [1.82, 2.24) is 10.2 Å². The highest BCUT2D eigenvalue weighted by atomic mass is 16.5. The Bertz CT molecular complexity index is 591. The molecular formula is C20H31N3O3. The zero-order valence-corrected chi connectivity index (χ0v) is 15.7. The zero-order valence-electron chi connectivity index (χ0n) is 15.7. The van der Waals surface area contributed by atoms with E-state index in [1.807, 2.05) is 36.1 Å². The number of nitrogens with two attached hydrogens (primary N) is 1. The van der Waals surface area contributed by atoms with Gasteiger partial charge in [-0.25, -0.2) is 0 Å². The summed E-state index contributed by atoms with van der Waals surface area (Å²) in [6, 6.07) is 7.98. The lowest BCUT2D eigenvalue weighted by atomic mass is 10.0. The van der Waals surface area contributed by atoms with E-state index >= 15 is 0 Å². The number of ether oxygens (including phenoxy) is 1. The van der Waals surface area contributed by atoms with Crippen molar-refractivity contribution in [2.24, 2.45) is 5.73 Å². The van der Waals surface area contributed by atoms with Crippen molar-refractivity contribution >= 4 is 11.8 Å². The quantitative estimate of drug-likeness (QED) is 0.659. The zero-order chi connectivity index (χ0) is 18.8. The topological polar surface area (TPSA) is 84.7 Å². The molecule has 1 heterocycles. The Balaban J connectivity index is 1.75. The summed E-state index contributed by atoms with van der Waals surface area (Å²) in [6.45, 7) is 4.18. The van der Waals surface area contributed by atoms with E-state index in [1.54, 1.807) is 0 Å². The normalized spacial score (nSPS) is 17.0. The molecule has 26 heavy (non-hydrogen) atoms. The third-order valence-corrected chi connectivity index (χ3v) is 4.74. The maximum Gasteiger partial charge on any atom is 0.223 e. The first-order valence-corrected chi connectivity index (χ1v) is 9.56. The number of rotatable bonds is 9. The summed E-state index contributed by atoms with van der Waals surface area (Å²) in [5.74, 6) is 0.978. The molecule has 1 saturated heterocycles. The van der Waals surface area contributed by atoms with Crippen LogP contribution in [-0.2, 0) is 9.59 Å². The lowest BCUT2D eigenvalue weighted by Gasteiger charge is -2.36. The van der Waals surface area contributed by atoms with Gasteiger partial charge in [0, 0.05) is 38.5 Å². The number of para-hydroxylation sites is 1. The molecule has 6 nitrogen and oxygen atoms in total. The second kappa shape index (κ2) is 10.8. The molecule has 1 aromatic rings. The molecular weight excluding hydrogens is 330 g/mol. The molecule has 1 fully saturated rings. The van der Waals surface area contributed by atoms with Crippen molar-refractivity contribution < 1.29 is 14.3 Å². The first-order valence-electron chi connectivity index (χ1n) is 9.56. The van der Waals surface area contributed by atoms with Crippen molar-refractivity contribution in [2.45, 2.75) is 51.5 Å². The van der Waals surface area contributed by atoms with Gasteiger partial charge in [0.05, 0.1) is 6.61 Å². The van der Waals surface area contributed by atoms with Crippen LogP contribution in [0.25, 0.3) is 0 Å². The van der Waals surface area contributed by atoms with E-state index in [9.17, 15) is 9.59 Å². The minimum absolute atomic E-state index is 0.0443. The van der Waals surface area contributed by atoms with Gasteiger partial charge in [-0.1, -0.05) is 18.2 Å². The highest BCUT2D eigenvalue weighted by Crippen LogP contribution is 2.19. The van der Waals surface area contributed by atoms with E-state index in [-0.39, 0.29) is 17.9 Å². The van der Waals surface area contributed by atoms with E-state index in [1.165, 1.54) is 0 Å². The SMILES string of the molecule is Cc1ccccc1OCCCC(=O)N1CCCCC1CNC(=O)CCN. The molecule has 0 radical (unpaired) electrons. The fraction of sp³-hybridized carbons (Fsp3) is 0.600. The minimum Gasteiger partial charge on any atom is -0.493 e. The average molecular weight is 361 g/mol. The molecule has 1 atom stereocenters. The van der Waals surface area contributed by atoms with Crippen LogP contribution < -0.4 is 15.8 Å². The summed E-state index contributed by atoms with van der Waals surface area (Å²) in [5.41, 5.74) is 6.50. The van der Waals surface area contributed by atoms with Crippen LogP contribution in [-0.4, -0.2) is 49.0 Å². The largest absolute Gasteiger partial charge is 0.493 e. The van der Waals surface area contributed by atoms with Crippen molar-refractivity contribution in [3.05, 3.63) is 29.8 Å². The van der Waals surface area contributed by atoms with Crippen LogP contribution >= 0.6 is 0 Å². The molecule has 0 saturated carbocycles. The standard InChI is InChI=1S/C20H31N3O3/c1-16-7-2-3-9-18(16)26-14-6-10-20(25)23-13-5-4-8-17(23)15-22-19(24)11-12-21/h2-3,7,9,17H,4-6,8,10-15,21H2,1H3,(H,22,24). The van der Waals surface area contributed by atoms with Crippen LogP contribution in [0.4, 0.5) is 0 Å². The number of piperidine rings is 1. The first kappa shape index (κ1) is 20.2. The van der Waals surface area contributed by atoms with Crippen molar-refractivity contribution in [3.63, 3.8) is 0 Å². The Labute approximate surface area is 156 Å². The third kappa shape index (κ3) is 6.33. The first-order chi connectivity index (χ1) is 12.6. The number of hydrogen-bond donors (Lipinski definition) is 2. The Morgan fingerprint density at radius 3 is 2.85 bits per heavy atom. The summed E-state index contributed by atoms with van der Waals surface area (Å²) in [6.07, 6.45) is 4.55. The monoisotopic (exact) mass is 361 g/mol. The van der Waals surface area contributed by atoms with E-state index in [0.717, 1.165) is 37.1 Å². The molecule has 6 heteroatoms. The highest BCUT2D eigenvalue weighted by Gasteiger charge is 2.26. The number of carbonyl (C=O) groups is 2. The van der Waals surface area contributed by atoms with Gasteiger partial charge in [0.2, 0.25) is 11.8 Å². The van der Waals surface area contributed by atoms with Crippen LogP contribution in [0.1, 0.15) is 44.1 Å². The molecule has 0 bridgehead atoms. The van der Waals surface area contributed by atoms with Gasteiger partial charge < -0.3 is 20.7 Å². The minimum atomic E-state index is -0.0443. The highest BCUT2D eigenvalue weighted by molar-refractivity contribution is 5.77. The Kier molecular flexibility index (Phi) is 8.41. The maximum atomic E-state index is 12.6. The van der Waals surface area contributed by atoms with Gasteiger partial charge in [0.15, 0.2) is 0 Å². The smallest absolute Gasteiger partial charge is 0.223 e. The lowest BCUT2D eigenvalue weighted by Crippen LogP contribution is -2.49. The van der Waals surface area contributed by atoms with Gasteiger partial charge in [-0.2, -0.15) is 0 Å². The second-order valence-electron chi connectivity index (χ2n) is 6.80. The summed E-state index contributed by atoms with van der Waals surface area (Å²) in [5, 5.41) is 2.90. The molecule has 3 N–H and O–H groups in total. The van der Waals surface area contributed by atoms with Gasteiger partial charge in [-0.05, 0) is 44.2 Å². The van der Waals surface area contributed by atoms with Crippen molar-refractivity contribution in [3.8, 4) is 5.75 Å². The van der Waals surface area contributed by atoms with Crippen LogP contribution in [0.3, 0.4) is 0 Å². The fourth-order valence-electron chi connectivity index (χ4n) is 3.26. The van der Waals surface area contributed by atoms with Crippen LogP contribution in [0.2, 0.25) is 0 Å². The number of amides is 2. The molecule has 1 aliphatic rings. The molecule has 144 valence electrons. The number of nitrogens with one attached hydrogen (secondary N) is 1. The van der Waals surface area contributed by atoms with Crippen LogP contribution in [0.5, 0.6) is 5.75 Å². The number of hydrogen-bond acceptors (Lipinski definition) is 4. The van der Waals surface area contributed by atoms with E-state index in [4.69, 9.17) is 10.5 Å². The fourth-order valence-corrected chi connectivity index (χ4v) is 3.26. The Morgan fingerprint density at radius 1 is 1.27 bits per heavy atom. The number of carbonyl (C=O) groups excluding carboxylic acids is 2. The molecule has 1 aromatic carbocycles.